The van der Waals surface area contributed by atoms with Crippen molar-refractivity contribution in [3.63, 3.8) is 0 Å². The van der Waals surface area contributed by atoms with E-state index in [1.165, 1.54) is 14.2 Å². The molecule has 2 aromatic carbocycles. The van der Waals surface area contributed by atoms with Gasteiger partial charge in [0.1, 0.15) is 17.1 Å². The molecule has 0 aliphatic heterocycles. The smallest absolute Gasteiger partial charge is 0.264 e. The third kappa shape index (κ3) is 3.69. The Labute approximate surface area is 152 Å². The summed E-state index contributed by atoms with van der Waals surface area (Å²) in [4.78, 5) is 12.7. The molecule has 0 atom stereocenters. The molecule has 26 heavy (non-hydrogen) atoms. The summed E-state index contributed by atoms with van der Waals surface area (Å²) in [5.41, 5.74) is 2.44. The Hall–Kier alpha value is -3.28. The van der Waals surface area contributed by atoms with Crippen molar-refractivity contribution in [3.8, 4) is 11.5 Å². The van der Waals surface area contributed by atoms with E-state index < -0.39 is 0 Å². The minimum Gasteiger partial charge on any atom is -0.496 e. The van der Waals surface area contributed by atoms with E-state index in [9.17, 15) is 4.79 Å². The molecule has 0 unspecified atom stereocenters. The van der Waals surface area contributed by atoms with Crippen molar-refractivity contribution in [2.24, 2.45) is 0 Å². The van der Waals surface area contributed by atoms with Crippen LogP contribution in [0, 0.1) is 6.92 Å². The van der Waals surface area contributed by atoms with E-state index in [4.69, 9.17) is 9.47 Å². The lowest BCUT2D eigenvalue weighted by molar-refractivity contribution is 0.102. The molecule has 3 rings (SSSR count). The average molecular weight is 351 g/mol. The third-order valence-electron chi connectivity index (χ3n) is 4.05. The summed E-state index contributed by atoms with van der Waals surface area (Å²) in [5.74, 6) is 1.05. The second-order valence-electron chi connectivity index (χ2n) is 5.81. The van der Waals surface area contributed by atoms with Crippen LogP contribution in [0.5, 0.6) is 11.5 Å². The van der Waals surface area contributed by atoms with Gasteiger partial charge in [0.2, 0.25) is 0 Å². The van der Waals surface area contributed by atoms with E-state index in [0.717, 1.165) is 11.3 Å². The van der Waals surface area contributed by atoms with Gasteiger partial charge >= 0.3 is 0 Å². The fourth-order valence-electron chi connectivity index (χ4n) is 2.74. The Balaban J connectivity index is 1.82. The molecule has 0 aliphatic rings. The van der Waals surface area contributed by atoms with Gasteiger partial charge in [-0.2, -0.15) is 5.10 Å². The monoisotopic (exact) mass is 351 g/mol. The van der Waals surface area contributed by atoms with E-state index in [2.05, 4.69) is 10.4 Å². The van der Waals surface area contributed by atoms with Gasteiger partial charge in [-0.3, -0.25) is 9.48 Å². The number of hydrogen-bond acceptors (Lipinski definition) is 4. The highest BCUT2D eigenvalue weighted by Crippen LogP contribution is 2.29. The van der Waals surface area contributed by atoms with Gasteiger partial charge in [-0.15, -0.1) is 0 Å². The van der Waals surface area contributed by atoms with Crippen LogP contribution in [-0.2, 0) is 6.54 Å². The first-order valence-corrected chi connectivity index (χ1v) is 8.23. The van der Waals surface area contributed by atoms with Gasteiger partial charge in [-0.05, 0) is 24.6 Å². The number of carbonyl (C=O) groups is 1. The zero-order chi connectivity index (χ0) is 18.5. The summed E-state index contributed by atoms with van der Waals surface area (Å²) in [6.07, 6.45) is 0. The van der Waals surface area contributed by atoms with Crippen LogP contribution >= 0.6 is 0 Å². The topological polar surface area (TPSA) is 65.4 Å². The standard InChI is InChI=1S/C20H21N3O3/c1-14-12-18(22-23(14)13-15-8-5-4-6-9-15)21-20(24)19-16(25-2)10-7-11-17(19)26-3/h4-12H,13H2,1-3H3,(H,21,22,24). The van der Waals surface area contributed by atoms with E-state index >= 15 is 0 Å². The van der Waals surface area contributed by atoms with Gasteiger partial charge in [0.25, 0.3) is 5.91 Å². The summed E-state index contributed by atoms with van der Waals surface area (Å²) in [6.45, 7) is 2.59. The molecule has 0 saturated carbocycles. The normalized spacial score (nSPS) is 10.4. The molecule has 0 saturated heterocycles. The molecule has 1 amide bonds. The molecule has 0 spiro atoms. The van der Waals surface area contributed by atoms with Crippen molar-refractivity contribution < 1.29 is 14.3 Å². The van der Waals surface area contributed by atoms with Gasteiger partial charge in [-0.25, -0.2) is 0 Å². The van der Waals surface area contributed by atoms with Crippen molar-refractivity contribution in [3.05, 3.63) is 71.4 Å². The van der Waals surface area contributed by atoms with Crippen LogP contribution in [0.3, 0.4) is 0 Å². The molecule has 3 aromatic rings. The first kappa shape index (κ1) is 17.5. The van der Waals surface area contributed by atoms with Crippen LogP contribution in [0.1, 0.15) is 21.6 Å². The third-order valence-corrected chi connectivity index (χ3v) is 4.05. The lowest BCUT2D eigenvalue weighted by Crippen LogP contribution is -2.15. The summed E-state index contributed by atoms with van der Waals surface area (Å²) in [6, 6.07) is 17.1. The molecule has 1 N–H and O–H groups in total. The number of rotatable bonds is 6. The lowest BCUT2D eigenvalue weighted by atomic mass is 10.1. The van der Waals surface area contributed by atoms with Gasteiger partial charge < -0.3 is 14.8 Å². The maximum Gasteiger partial charge on any atom is 0.264 e. The molecule has 134 valence electrons. The van der Waals surface area contributed by atoms with Gasteiger partial charge in [0.15, 0.2) is 5.82 Å². The number of carbonyl (C=O) groups excluding carboxylic acids is 1. The number of methoxy groups -OCH3 is 2. The van der Waals surface area contributed by atoms with Crippen LogP contribution in [0.25, 0.3) is 0 Å². The Morgan fingerprint density at radius 1 is 1.04 bits per heavy atom. The second kappa shape index (κ2) is 7.74. The fourth-order valence-corrected chi connectivity index (χ4v) is 2.74. The van der Waals surface area contributed by atoms with E-state index in [1.807, 2.05) is 48.0 Å². The first-order valence-electron chi connectivity index (χ1n) is 8.23. The van der Waals surface area contributed by atoms with E-state index in [1.54, 1.807) is 18.2 Å². The van der Waals surface area contributed by atoms with Gasteiger partial charge in [0, 0.05) is 11.8 Å². The minimum absolute atomic E-state index is 0.330. The number of hydrogen-bond donors (Lipinski definition) is 1. The molecule has 1 aromatic heterocycles. The van der Waals surface area contributed by atoms with Crippen molar-refractivity contribution >= 4 is 11.7 Å². The Kier molecular flexibility index (Phi) is 5.22. The number of nitrogens with one attached hydrogen (secondary N) is 1. The number of aryl methyl sites for hydroxylation is 1. The molecule has 1 heterocycles. The van der Waals surface area contributed by atoms with Gasteiger partial charge in [-0.1, -0.05) is 36.4 Å². The fraction of sp³-hybridized carbons (Fsp3) is 0.200. The average Bonchev–Trinajstić information content (AvgIpc) is 3.00. The zero-order valence-corrected chi connectivity index (χ0v) is 15.0. The molecular formula is C20H21N3O3. The van der Waals surface area contributed by atoms with Crippen LogP contribution in [0.4, 0.5) is 5.82 Å². The molecule has 6 heteroatoms. The molecule has 0 aliphatic carbocycles. The van der Waals surface area contributed by atoms with Crippen molar-refractivity contribution in [2.45, 2.75) is 13.5 Å². The number of amides is 1. The van der Waals surface area contributed by atoms with Crippen molar-refractivity contribution in [2.75, 3.05) is 19.5 Å². The quantitative estimate of drug-likeness (QED) is 0.738. The highest BCUT2D eigenvalue weighted by atomic mass is 16.5. The second-order valence-corrected chi connectivity index (χ2v) is 5.81. The van der Waals surface area contributed by atoms with Gasteiger partial charge in [0.05, 0.1) is 20.8 Å². The highest BCUT2D eigenvalue weighted by molar-refractivity contribution is 6.07. The number of benzene rings is 2. The summed E-state index contributed by atoms with van der Waals surface area (Å²) in [7, 11) is 3.04. The highest BCUT2D eigenvalue weighted by Gasteiger charge is 2.19. The predicted octanol–water partition coefficient (Wildman–Crippen LogP) is 3.51. The Morgan fingerprint density at radius 3 is 2.31 bits per heavy atom. The number of anilines is 1. The maximum atomic E-state index is 12.7. The van der Waals surface area contributed by atoms with E-state index in [0.29, 0.717) is 29.4 Å². The minimum atomic E-state index is -0.330. The molecule has 6 nitrogen and oxygen atoms in total. The van der Waals surface area contributed by atoms with E-state index in [-0.39, 0.29) is 5.91 Å². The molecular weight excluding hydrogens is 330 g/mol. The first-order chi connectivity index (χ1) is 12.6. The summed E-state index contributed by atoms with van der Waals surface area (Å²) in [5, 5.41) is 7.31. The summed E-state index contributed by atoms with van der Waals surface area (Å²) < 4.78 is 12.4. The number of ether oxygens (including phenoxy) is 2. The molecule has 0 bridgehead atoms. The predicted molar refractivity (Wildman–Crippen MR) is 100 cm³/mol. The maximum absolute atomic E-state index is 12.7. The largest absolute Gasteiger partial charge is 0.496 e. The zero-order valence-electron chi connectivity index (χ0n) is 15.0. The Morgan fingerprint density at radius 2 is 1.69 bits per heavy atom. The van der Waals surface area contributed by atoms with Crippen LogP contribution in [-0.4, -0.2) is 29.9 Å². The SMILES string of the molecule is COc1cccc(OC)c1C(=O)Nc1cc(C)n(Cc2ccccc2)n1. The molecule has 0 fully saturated rings. The van der Waals surface area contributed by atoms with Crippen LogP contribution < -0.4 is 14.8 Å². The number of aromatic nitrogens is 2. The van der Waals surface area contributed by atoms with Crippen LogP contribution in [0.2, 0.25) is 0 Å². The summed E-state index contributed by atoms with van der Waals surface area (Å²) >= 11 is 0. The van der Waals surface area contributed by atoms with Crippen LogP contribution in [0.15, 0.2) is 54.6 Å². The Bertz CT molecular complexity index is 882. The van der Waals surface area contributed by atoms with Crippen molar-refractivity contribution in [1.82, 2.24) is 9.78 Å². The molecule has 0 radical (unpaired) electrons. The number of nitrogens with zero attached hydrogens (tertiary/aromatic N) is 2. The van der Waals surface area contributed by atoms with Crippen molar-refractivity contribution in [1.29, 1.82) is 0 Å². The lowest BCUT2D eigenvalue weighted by Gasteiger charge is -2.12.